The molecule has 21 heavy (non-hydrogen) atoms. The first-order valence-electron chi connectivity index (χ1n) is 6.48. The lowest BCUT2D eigenvalue weighted by molar-refractivity contribution is -0.127. The smallest absolute Gasteiger partial charge is 0.260 e. The minimum atomic E-state index is -0.652. The van der Waals surface area contributed by atoms with Crippen LogP contribution in [0.1, 0.15) is 18.9 Å². The molecule has 0 aromatic heterocycles. The van der Waals surface area contributed by atoms with Crippen LogP contribution in [0.4, 0.5) is 0 Å². The van der Waals surface area contributed by atoms with Crippen LogP contribution in [0.5, 0.6) is 5.75 Å². The molecule has 1 unspecified atom stereocenters. The molecule has 0 radical (unpaired) electrons. The van der Waals surface area contributed by atoms with Gasteiger partial charge in [-0.05, 0) is 31.5 Å². The summed E-state index contributed by atoms with van der Waals surface area (Å²) >= 11 is 10.9. The molecule has 5 nitrogen and oxygen atoms in total. The molecule has 1 aromatic rings. The van der Waals surface area contributed by atoms with E-state index in [2.05, 4.69) is 5.32 Å². The quantitative estimate of drug-likeness (QED) is 0.562. The highest BCUT2D eigenvalue weighted by Gasteiger charge is 2.16. The predicted octanol–water partition coefficient (Wildman–Crippen LogP) is 1.89. The number of carbonyl (C=O) groups excluding carboxylic acids is 1. The Morgan fingerprint density at radius 3 is 2.81 bits per heavy atom. The van der Waals surface area contributed by atoms with Gasteiger partial charge in [-0.15, -0.1) is 0 Å². The topological polar surface area (TPSA) is 73.6 Å². The number of nitrogens with two attached hydrogens (primary N) is 1. The van der Waals surface area contributed by atoms with Gasteiger partial charge in [0.05, 0.1) is 5.02 Å². The van der Waals surface area contributed by atoms with Crippen molar-refractivity contribution >= 4 is 34.7 Å². The molecule has 1 atom stereocenters. The minimum Gasteiger partial charge on any atom is -0.479 e. The van der Waals surface area contributed by atoms with E-state index < -0.39 is 6.10 Å². The molecular weight excluding hydrogens is 312 g/mol. The van der Waals surface area contributed by atoms with Gasteiger partial charge < -0.3 is 20.5 Å². The monoisotopic (exact) mass is 330 g/mol. The number of carbonyl (C=O) groups is 1. The summed E-state index contributed by atoms with van der Waals surface area (Å²) in [4.78, 5) is 12.1. The van der Waals surface area contributed by atoms with Gasteiger partial charge in [-0.1, -0.05) is 23.8 Å². The van der Waals surface area contributed by atoms with Gasteiger partial charge in [-0.3, -0.25) is 4.79 Å². The third kappa shape index (κ3) is 5.87. The molecular formula is C14H19ClN2O3S. The van der Waals surface area contributed by atoms with Crippen LogP contribution in [-0.4, -0.2) is 37.3 Å². The number of nitrogens with one attached hydrogen (secondary N) is 1. The van der Waals surface area contributed by atoms with Crippen LogP contribution in [0.25, 0.3) is 0 Å². The van der Waals surface area contributed by atoms with E-state index in [1.807, 2.05) is 0 Å². The molecule has 0 fully saturated rings. The molecule has 1 amide bonds. The molecule has 0 heterocycles. The number of halogens is 1. The fourth-order valence-corrected chi connectivity index (χ4v) is 1.92. The maximum atomic E-state index is 11.8. The van der Waals surface area contributed by atoms with Crippen LogP contribution < -0.4 is 15.8 Å². The molecule has 0 aliphatic carbocycles. The van der Waals surface area contributed by atoms with Crippen molar-refractivity contribution in [1.82, 2.24) is 5.32 Å². The second-order valence-corrected chi connectivity index (χ2v) is 5.25. The van der Waals surface area contributed by atoms with Gasteiger partial charge in [0.25, 0.3) is 5.91 Å². The van der Waals surface area contributed by atoms with E-state index in [0.717, 1.165) is 6.42 Å². The second-order valence-electron chi connectivity index (χ2n) is 4.41. The van der Waals surface area contributed by atoms with E-state index in [-0.39, 0.29) is 10.9 Å². The van der Waals surface area contributed by atoms with Crippen molar-refractivity contribution in [2.45, 2.75) is 19.4 Å². The van der Waals surface area contributed by atoms with Crippen LogP contribution in [-0.2, 0) is 9.53 Å². The average molecular weight is 331 g/mol. The van der Waals surface area contributed by atoms with Crippen LogP contribution in [0.3, 0.4) is 0 Å². The van der Waals surface area contributed by atoms with E-state index in [4.69, 9.17) is 39.0 Å². The minimum absolute atomic E-state index is 0.208. The normalized spacial score (nSPS) is 11.8. The summed E-state index contributed by atoms with van der Waals surface area (Å²) in [5.41, 5.74) is 6.17. The third-order valence-corrected chi connectivity index (χ3v) is 3.24. The fourth-order valence-electron chi connectivity index (χ4n) is 1.57. The third-order valence-electron chi connectivity index (χ3n) is 2.71. The number of methoxy groups -OCH3 is 1. The summed E-state index contributed by atoms with van der Waals surface area (Å²) in [6.07, 6.45) is 0.0963. The Morgan fingerprint density at radius 1 is 1.52 bits per heavy atom. The lowest BCUT2D eigenvalue weighted by Gasteiger charge is -2.16. The molecule has 0 spiro atoms. The van der Waals surface area contributed by atoms with Gasteiger partial charge in [0.15, 0.2) is 6.10 Å². The summed E-state index contributed by atoms with van der Waals surface area (Å²) in [5.74, 6) is 0.205. The van der Waals surface area contributed by atoms with Crippen molar-refractivity contribution in [2.24, 2.45) is 5.73 Å². The first kappa shape index (κ1) is 17.7. The Hall–Kier alpha value is -1.37. The molecule has 3 N–H and O–H groups in total. The van der Waals surface area contributed by atoms with Crippen molar-refractivity contribution in [1.29, 1.82) is 0 Å². The Kier molecular flexibility index (Phi) is 7.42. The molecule has 0 aliphatic heterocycles. The number of hydrogen-bond acceptors (Lipinski definition) is 4. The van der Waals surface area contributed by atoms with Gasteiger partial charge in [0.1, 0.15) is 10.7 Å². The molecule has 7 heteroatoms. The van der Waals surface area contributed by atoms with Crippen molar-refractivity contribution in [3.05, 3.63) is 28.8 Å². The SMILES string of the molecule is COCCCNC(=O)C(C)Oc1ccc(C(N)=S)cc1Cl. The highest BCUT2D eigenvalue weighted by Crippen LogP contribution is 2.26. The molecule has 0 saturated carbocycles. The highest BCUT2D eigenvalue weighted by molar-refractivity contribution is 7.80. The molecule has 116 valence electrons. The Morgan fingerprint density at radius 2 is 2.24 bits per heavy atom. The van der Waals surface area contributed by atoms with Crippen LogP contribution >= 0.6 is 23.8 Å². The fraction of sp³-hybridized carbons (Fsp3) is 0.429. The molecule has 0 bridgehead atoms. The van der Waals surface area contributed by atoms with Gasteiger partial charge in [0.2, 0.25) is 0 Å². The maximum Gasteiger partial charge on any atom is 0.260 e. The lowest BCUT2D eigenvalue weighted by Crippen LogP contribution is -2.37. The van der Waals surface area contributed by atoms with Crippen molar-refractivity contribution in [3.63, 3.8) is 0 Å². The van der Waals surface area contributed by atoms with Crippen LogP contribution in [0, 0.1) is 0 Å². The maximum absolute atomic E-state index is 11.8. The summed E-state index contributed by atoms with van der Waals surface area (Å²) in [5, 5.41) is 3.12. The van der Waals surface area contributed by atoms with E-state index in [9.17, 15) is 4.79 Å². The number of thiocarbonyl (C=S) groups is 1. The van der Waals surface area contributed by atoms with Gasteiger partial charge >= 0.3 is 0 Å². The van der Waals surface area contributed by atoms with Crippen molar-refractivity contribution in [2.75, 3.05) is 20.3 Å². The standard InChI is InChI=1S/C14H19ClN2O3S/c1-9(14(18)17-6-3-7-19-2)20-12-5-4-10(13(16)21)8-11(12)15/h4-5,8-9H,3,6-7H2,1-2H3,(H2,16,21)(H,17,18). The highest BCUT2D eigenvalue weighted by atomic mass is 35.5. The predicted molar refractivity (Wildman–Crippen MR) is 86.9 cm³/mol. The Bertz CT molecular complexity index is 511. The zero-order chi connectivity index (χ0) is 15.8. The zero-order valence-electron chi connectivity index (χ0n) is 12.0. The molecule has 0 saturated heterocycles. The largest absolute Gasteiger partial charge is 0.479 e. The summed E-state index contributed by atoms with van der Waals surface area (Å²) in [7, 11) is 1.62. The van der Waals surface area contributed by atoms with E-state index >= 15 is 0 Å². The van der Waals surface area contributed by atoms with Gasteiger partial charge in [-0.25, -0.2) is 0 Å². The number of benzene rings is 1. The average Bonchev–Trinajstić information content (AvgIpc) is 2.45. The first-order valence-corrected chi connectivity index (χ1v) is 7.27. The number of hydrogen-bond donors (Lipinski definition) is 2. The van der Waals surface area contributed by atoms with Crippen molar-refractivity contribution < 1.29 is 14.3 Å². The second kappa shape index (κ2) is 8.81. The van der Waals surface area contributed by atoms with Crippen LogP contribution in [0.15, 0.2) is 18.2 Å². The summed E-state index contributed by atoms with van der Waals surface area (Å²) < 4.78 is 10.4. The van der Waals surface area contributed by atoms with E-state index in [0.29, 0.717) is 29.5 Å². The summed E-state index contributed by atoms with van der Waals surface area (Å²) in [6, 6.07) is 4.96. The van der Waals surface area contributed by atoms with Crippen molar-refractivity contribution in [3.8, 4) is 5.75 Å². The van der Waals surface area contributed by atoms with Crippen LogP contribution in [0.2, 0.25) is 5.02 Å². The Balaban J connectivity index is 2.56. The van der Waals surface area contributed by atoms with Gasteiger partial charge in [-0.2, -0.15) is 0 Å². The summed E-state index contributed by atoms with van der Waals surface area (Å²) in [6.45, 7) is 2.79. The Labute approximate surface area is 134 Å². The molecule has 0 aliphatic rings. The first-order chi connectivity index (χ1) is 9.95. The zero-order valence-corrected chi connectivity index (χ0v) is 13.6. The number of rotatable bonds is 8. The van der Waals surface area contributed by atoms with E-state index in [1.165, 1.54) is 0 Å². The molecule has 1 aromatic carbocycles. The number of amides is 1. The van der Waals surface area contributed by atoms with Gasteiger partial charge in [0, 0.05) is 25.8 Å². The lowest BCUT2D eigenvalue weighted by atomic mass is 10.2. The number of ether oxygens (including phenoxy) is 2. The van der Waals surface area contributed by atoms with E-state index in [1.54, 1.807) is 32.2 Å². The molecule has 1 rings (SSSR count).